The van der Waals surface area contributed by atoms with Crippen LogP contribution in [0.5, 0.6) is 0 Å². The SMILES string of the molecule is CC1CCN(C(=O)c2cc(Br)cn2C)C(C(=O)O)C1. The smallest absolute Gasteiger partial charge is 0.326 e. The highest BCUT2D eigenvalue weighted by atomic mass is 79.9. The molecule has 2 atom stereocenters. The number of amides is 1. The van der Waals surface area contributed by atoms with E-state index in [4.69, 9.17) is 0 Å². The molecule has 1 aromatic heterocycles. The molecule has 19 heavy (non-hydrogen) atoms. The van der Waals surface area contributed by atoms with Gasteiger partial charge in [-0.15, -0.1) is 0 Å². The van der Waals surface area contributed by atoms with Crippen molar-refractivity contribution in [1.29, 1.82) is 0 Å². The van der Waals surface area contributed by atoms with Crippen LogP contribution < -0.4 is 0 Å². The van der Waals surface area contributed by atoms with Crippen LogP contribution in [0.1, 0.15) is 30.3 Å². The third kappa shape index (κ3) is 2.83. The van der Waals surface area contributed by atoms with E-state index in [0.717, 1.165) is 10.9 Å². The van der Waals surface area contributed by atoms with E-state index in [9.17, 15) is 14.7 Å². The Labute approximate surface area is 120 Å². The maximum atomic E-state index is 12.5. The lowest BCUT2D eigenvalue weighted by molar-refractivity contribution is -0.144. The summed E-state index contributed by atoms with van der Waals surface area (Å²) in [6, 6.07) is 1.00. The number of carboxylic acids is 1. The molecule has 0 saturated carbocycles. The van der Waals surface area contributed by atoms with Crippen LogP contribution in [-0.4, -0.2) is 39.0 Å². The lowest BCUT2D eigenvalue weighted by Gasteiger charge is -2.36. The number of piperidine rings is 1. The third-order valence-electron chi connectivity index (χ3n) is 3.60. The van der Waals surface area contributed by atoms with Crippen molar-refractivity contribution in [3.63, 3.8) is 0 Å². The van der Waals surface area contributed by atoms with Crippen LogP contribution in [0.3, 0.4) is 0 Å². The summed E-state index contributed by atoms with van der Waals surface area (Å²) in [5.74, 6) is -0.800. The Balaban J connectivity index is 2.26. The molecular weight excluding hydrogens is 312 g/mol. The number of hydrogen-bond donors (Lipinski definition) is 1. The summed E-state index contributed by atoms with van der Waals surface area (Å²) in [5.41, 5.74) is 0.507. The molecule has 6 heteroatoms. The topological polar surface area (TPSA) is 62.5 Å². The van der Waals surface area contributed by atoms with E-state index in [-0.39, 0.29) is 5.91 Å². The van der Waals surface area contributed by atoms with Crippen LogP contribution in [0.2, 0.25) is 0 Å². The molecule has 2 rings (SSSR count). The number of rotatable bonds is 2. The molecule has 0 aromatic carbocycles. The first kappa shape index (κ1) is 14.1. The second-order valence-corrected chi connectivity index (χ2v) is 6.05. The number of carboxylic acid groups (broad SMARTS) is 1. The minimum atomic E-state index is -0.923. The summed E-state index contributed by atoms with van der Waals surface area (Å²) in [7, 11) is 1.78. The Morgan fingerprint density at radius 1 is 1.47 bits per heavy atom. The van der Waals surface area contributed by atoms with Crippen LogP contribution in [0.15, 0.2) is 16.7 Å². The minimum Gasteiger partial charge on any atom is -0.480 e. The molecule has 0 aliphatic carbocycles. The molecule has 0 spiro atoms. The number of carbonyl (C=O) groups excluding carboxylic acids is 1. The van der Waals surface area contributed by atoms with Gasteiger partial charge in [0.15, 0.2) is 0 Å². The van der Waals surface area contributed by atoms with Gasteiger partial charge >= 0.3 is 5.97 Å². The fraction of sp³-hybridized carbons (Fsp3) is 0.538. The Bertz CT molecular complexity index is 512. The fourth-order valence-corrected chi connectivity index (χ4v) is 3.03. The van der Waals surface area contributed by atoms with Crippen LogP contribution in [-0.2, 0) is 11.8 Å². The van der Waals surface area contributed by atoms with Crippen LogP contribution >= 0.6 is 15.9 Å². The standard InChI is InChI=1S/C13H17BrN2O3/c1-8-3-4-16(11(5-8)13(18)19)12(17)10-6-9(14)7-15(10)2/h6-8,11H,3-5H2,1-2H3,(H,18,19). The minimum absolute atomic E-state index is 0.215. The number of carbonyl (C=O) groups is 2. The Hall–Kier alpha value is -1.30. The van der Waals surface area contributed by atoms with Crippen LogP contribution in [0, 0.1) is 5.92 Å². The predicted octanol–water partition coefficient (Wildman–Crippen LogP) is 2.11. The lowest BCUT2D eigenvalue weighted by atomic mass is 9.92. The molecular formula is C13H17BrN2O3. The predicted molar refractivity (Wildman–Crippen MR) is 74.0 cm³/mol. The van der Waals surface area contributed by atoms with Gasteiger partial charge in [0.05, 0.1) is 0 Å². The van der Waals surface area contributed by atoms with Crippen molar-refractivity contribution >= 4 is 27.8 Å². The molecule has 1 aliphatic rings. The van der Waals surface area contributed by atoms with Crippen molar-refractivity contribution < 1.29 is 14.7 Å². The summed E-state index contributed by atoms with van der Waals surface area (Å²) in [4.78, 5) is 25.3. The Morgan fingerprint density at radius 3 is 2.68 bits per heavy atom. The molecule has 2 heterocycles. The molecule has 2 unspecified atom stereocenters. The van der Waals surface area contributed by atoms with Gasteiger partial charge in [-0.1, -0.05) is 6.92 Å². The average Bonchev–Trinajstić information content (AvgIpc) is 2.67. The highest BCUT2D eigenvalue weighted by Crippen LogP contribution is 2.25. The molecule has 1 saturated heterocycles. The van der Waals surface area contributed by atoms with Gasteiger partial charge < -0.3 is 14.6 Å². The highest BCUT2D eigenvalue weighted by molar-refractivity contribution is 9.10. The van der Waals surface area contributed by atoms with Crippen molar-refractivity contribution in [1.82, 2.24) is 9.47 Å². The zero-order valence-electron chi connectivity index (χ0n) is 11.0. The van der Waals surface area contributed by atoms with Gasteiger partial charge in [-0.25, -0.2) is 4.79 Å². The molecule has 0 bridgehead atoms. The van der Waals surface area contributed by atoms with E-state index in [1.165, 1.54) is 4.90 Å². The summed E-state index contributed by atoms with van der Waals surface area (Å²) >= 11 is 3.32. The number of aromatic nitrogens is 1. The molecule has 1 aromatic rings. The van der Waals surface area contributed by atoms with E-state index < -0.39 is 12.0 Å². The summed E-state index contributed by atoms with van der Waals surface area (Å²) < 4.78 is 2.53. The number of nitrogens with zero attached hydrogens (tertiary/aromatic N) is 2. The summed E-state index contributed by atoms with van der Waals surface area (Å²) in [6.07, 6.45) is 3.16. The van der Waals surface area contributed by atoms with E-state index in [0.29, 0.717) is 24.6 Å². The lowest BCUT2D eigenvalue weighted by Crippen LogP contribution is -2.50. The van der Waals surface area contributed by atoms with Gasteiger partial charge in [0.1, 0.15) is 11.7 Å². The molecule has 0 radical (unpaired) electrons. The van der Waals surface area contributed by atoms with Crippen molar-refractivity contribution in [3.05, 3.63) is 22.4 Å². The van der Waals surface area contributed by atoms with Crippen LogP contribution in [0.25, 0.3) is 0 Å². The first-order valence-corrected chi connectivity index (χ1v) is 7.05. The number of halogens is 1. The molecule has 1 N–H and O–H groups in total. The van der Waals surface area contributed by atoms with Gasteiger partial charge in [-0.2, -0.15) is 0 Å². The number of aliphatic carboxylic acids is 1. The zero-order chi connectivity index (χ0) is 14.2. The van der Waals surface area contributed by atoms with Crippen molar-refractivity contribution in [2.45, 2.75) is 25.8 Å². The van der Waals surface area contributed by atoms with Crippen molar-refractivity contribution in [2.75, 3.05) is 6.54 Å². The highest BCUT2D eigenvalue weighted by Gasteiger charge is 2.35. The molecule has 1 fully saturated rings. The normalized spacial score (nSPS) is 23.4. The molecule has 5 nitrogen and oxygen atoms in total. The third-order valence-corrected chi connectivity index (χ3v) is 4.03. The van der Waals surface area contributed by atoms with E-state index >= 15 is 0 Å². The van der Waals surface area contributed by atoms with Crippen molar-refractivity contribution in [3.8, 4) is 0 Å². The van der Waals surface area contributed by atoms with Gasteiger partial charge in [-0.05, 0) is 40.8 Å². The van der Waals surface area contributed by atoms with E-state index in [1.54, 1.807) is 23.9 Å². The maximum absolute atomic E-state index is 12.5. The first-order valence-electron chi connectivity index (χ1n) is 6.25. The monoisotopic (exact) mass is 328 g/mol. The number of hydrogen-bond acceptors (Lipinski definition) is 2. The van der Waals surface area contributed by atoms with Crippen molar-refractivity contribution in [2.24, 2.45) is 13.0 Å². The van der Waals surface area contributed by atoms with E-state index in [2.05, 4.69) is 15.9 Å². The van der Waals surface area contributed by atoms with Crippen LogP contribution in [0.4, 0.5) is 0 Å². The summed E-state index contributed by atoms with van der Waals surface area (Å²) in [5, 5.41) is 9.29. The van der Waals surface area contributed by atoms with Gasteiger partial charge in [0, 0.05) is 24.3 Å². The van der Waals surface area contributed by atoms with Gasteiger partial charge in [-0.3, -0.25) is 4.79 Å². The molecule has 1 amide bonds. The van der Waals surface area contributed by atoms with Gasteiger partial charge in [0.25, 0.3) is 5.91 Å². The second-order valence-electron chi connectivity index (χ2n) is 5.14. The maximum Gasteiger partial charge on any atom is 0.326 e. The molecule has 104 valence electrons. The molecule has 1 aliphatic heterocycles. The zero-order valence-corrected chi connectivity index (χ0v) is 12.6. The first-order chi connectivity index (χ1) is 8.90. The fourth-order valence-electron chi connectivity index (χ4n) is 2.50. The second kappa shape index (κ2) is 5.36. The quantitative estimate of drug-likeness (QED) is 0.904. The Morgan fingerprint density at radius 2 is 2.16 bits per heavy atom. The number of aryl methyl sites for hydroxylation is 1. The number of likely N-dealkylation sites (tertiary alicyclic amines) is 1. The average molecular weight is 329 g/mol. The van der Waals surface area contributed by atoms with Gasteiger partial charge in [0.2, 0.25) is 0 Å². The largest absolute Gasteiger partial charge is 0.480 e. The summed E-state index contributed by atoms with van der Waals surface area (Å²) in [6.45, 7) is 2.52. The van der Waals surface area contributed by atoms with E-state index in [1.807, 2.05) is 6.92 Å². The Kier molecular flexibility index (Phi) is 3.99.